The van der Waals surface area contributed by atoms with E-state index in [4.69, 9.17) is 0 Å². The molecular weight excluding hydrogens is 274 g/mol. The first-order chi connectivity index (χ1) is 8.18. The average molecular weight is 290 g/mol. The first kappa shape index (κ1) is 12.2. The highest BCUT2D eigenvalue weighted by molar-refractivity contribution is 9.10. The lowest BCUT2D eigenvalue weighted by molar-refractivity contribution is 1.11. The van der Waals surface area contributed by atoms with Crippen LogP contribution in [0, 0.1) is 13.8 Å². The monoisotopic (exact) mass is 289 g/mol. The van der Waals surface area contributed by atoms with Crippen molar-refractivity contribution in [2.45, 2.75) is 20.4 Å². The Morgan fingerprint density at radius 3 is 2.53 bits per heavy atom. The van der Waals surface area contributed by atoms with Crippen LogP contribution < -0.4 is 5.32 Å². The van der Waals surface area contributed by atoms with E-state index in [-0.39, 0.29) is 0 Å². The van der Waals surface area contributed by atoms with Gasteiger partial charge in [0, 0.05) is 16.7 Å². The standard InChI is InChI=1S/C15H16BrN/c1-11-6-3-4-7-13(11)10-17-15-9-5-8-14(16)12(15)2/h3-9,17H,10H2,1-2H3. The van der Waals surface area contributed by atoms with Crippen molar-refractivity contribution in [2.24, 2.45) is 0 Å². The maximum atomic E-state index is 3.55. The molecule has 0 radical (unpaired) electrons. The van der Waals surface area contributed by atoms with Gasteiger partial charge in [-0.1, -0.05) is 46.3 Å². The fourth-order valence-corrected chi connectivity index (χ4v) is 2.16. The molecule has 0 unspecified atom stereocenters. The summed E-state index contributed by atoms with van der Waals surface area (Å²) < 4.78 is 1.15. The molecule has 88 valence electrons. The van der Waals surface area contributed by atoms with Crippen molar-refractivity contribution in [2.75, 3.05) is 5.32 Å². The van der Waals surface area contributed by atoms with E-state index >= 15 is 0 Å². The Kier molecular flexibility index (Phi) is 3.85. The summed E-state index contributed by atoms with van der Waals surface area (Å²) in [6.07, 6.45) is 0. The van der Waals surface area contributed by atoms with Crippen molar-refractivity contribution < 1.29 is 0 Å². The third kappa shape index (κ3) is 2.89. The van der Waals surface area contributed by atoms with Crippen LogP contribution >= 0.6 is 15.9 Å². The number of hydrogen-bond donors (Lipinski definition) is 1. The maximum absolute atomic E-state index is 3.55. The van der Waals surface area contributed by atoms with Gasteiger partial charge in [0.15, 0.2) is 0 Å². The smallest absolute Gasteiger partial charge is 0.0403 e. The van der Waals surface area contributed by atoms with E-state index in [2.05, 4.69) is 77.6 Å². The first-order valence-electron chi connectivity index (χ1n) is 5.72. The Morgan fingerprint density at radius 2 is 1.76 bits per heavy atom. The summed E-state index contributed by atoms with van der Waals surface area (Å²) in [7, 11) is 0. The third-order valence-electron chi connectivity index (χ3n) is 3.00. The highest BCUT2D eigenvalue weighted by atomic mass is 79.9. The zero-order valence-electron chi connectivity index (χ0n) is 10.1. The van der Waals surface area contributed by atoms with Gasteiger partial charge in [0.2, 0.25) is 0 Å². The van der Waals surface area contributed by atoms with Crippen molar-refractivity contribution in [3.63, 3.8) is 0 Å². The first-order valence-corrected chi connectivity index (χ1v) is 6.51. The minimum absolute atomic E-state index is 0.865. The van der Waals surface area contributed by atoms with Crippen LogP contribution in [-0.2, 0) is 6.54 Å². The molecule has 2 heteroatoms. The molecule has 0 aromatic heterocycles. The van der Waals surface area contributed by atoms with Gasteiger partial charge in [-0.05, 0) is 42.7 Å². The Morgan fingerprint density at radius 1 is 1.00 bits per heavy atom. The topological polar surface area (TPSA) is 12.0 Å². The van der Waals surface area contributed by atoms with Crippen molar-refractivity contribution >= 4 is 21.6 Å². The highest BCUT2D eigenvalue weighted by Gasteiger charge is 2.02. The van der Waals surface area contributed by atoms with Crippen molar-refractivity contribution in [3.05, 3.63) is 63.6 Å². The largest absolute Gasteiger partial charge is 0.381 e. The molecule has 0 saturated heterocycles. The van der Waals surface area contributed by atoms with Crippen LogP contribution in [0.2, 0.25) is 0 Å². The van der Waals surface area contributed by atoms with Crippen LogP contribution in [0.1, 0.15) is 16.7 Å². The predicted molar refractivity (Wildman–Crippen MR) is 77.4 cm³/mol. The fourth-order valence-electron chi connectivity index (χ4n) is 1.80. The van der Waals surface area contributed by atoms with Crippen molar-refractivity contribution in [3.8, 4) is 0 Å². The summed E-state index contributed by atoms with van der Waals surface area (Å²) in [6.45, 7) is 5.12. The number of anilines is 1. The third-order valence-corrected chi connectivity index (χ3v) is 3.86. The molecule has 0 aliphatic rings. The molecular formula is C15H16BrN. The van der Waals surface area contributed by atoms with Gasteiger partial charge in [-0.25, -0.2) is 0 Å². The minimum Gasteiger partial charge on any atom is -0.381 e. The Bertz CT molecular complexity index is 520. The van der Waals surface area contributed by atoms with Gasteiger partial charge >= 0.3 is 0 Å². The van der Waals surface area contributed by atoms with Crippen LogP contribution in [0.25, 0.3) is 0 Å². The molecule has 0 amide bonds. The molecule has 1 N–H and O–H groups in total. The summed E-state index contributed by atoms with van der Waals surface area (Å²) >= 11 is 3.55. The lowest BCUT2D eigenvalue weighted by atomic mass is 10.1. The molecule has 1 nitrogen and oxygen atoms in total. The highest BCUT2D eigenvalue weighted by Crippen LogP contribution is 2.24. The summed E-state index contributed by atoms with van der Waals surface area (Å²) in [5, 5.41) is 3.48. The lowest BCUT2D eigenvalue weighted by Crippen LogP contribution is -2.02. The van der Waals surface area contributed by atoms with E-state index in [1.807, 2.05) is 0 Å². The van der Waals surface area contributed by atoms with Crippen LogP contribution in [0.4, 0.5) is 5.69 Å². The van der Waals surface area contributed by atoms with E-state index < -0.39 is 0 Å². The number of hydrogen-bond acceptors (Lipinski definition) is 1. The molecule has 2 aromatic rings. The average Bonchev–Trinajstić information content (AvgIpc) is 2.33. The van der Waals surface area contributed by atoms with Crippen LogP contribution in [-0.4, -0.2) is 0 Å². The van der Waals surface area contributed by atoms with Crippen molar-refractivity contribution in [1.82, 2.24) is 0 Å². The van der Waals surface area contributed by atoms with Gasteiger partial charge in [0.05, 0.1) is 0 Å². The number of benzene rings is 2. The van der Waals surface area contributed by atoms with Gasteiger partial charge in [0.1, 0.15) is 0 Å². The van der Waals surface area contributed by atoms with Crippen LogP contribution in [0.3, 0.4) is 0 Å². The SMILES string of the molecule is Cc1ccccc1CNc1cccc(Br)c1C. The molecule has 2 rings (SSSR count). The van der Waals surface area contributed by atoms with Crippen molar-refractivity contribution in [1.29, 1.82) is 0 Å². The summed E-state index contributed by atoms with van der Waals surface area (Å²) in [6, 6.07) is 14.7. The maximum Gasteiger partial charge on any atom is 0.0403 e. The Balaban J connectivity index is 2.13. The number of aryl methyl sites for hydroxylation is 1. The van der Waals surface area contributed by atoms with Crippen LogP contribution in [0.15, 0.2) is 46.9 Å². The fraction of sp³-hybridized carbons (Fsp3) is 0.200. The van der Waals surface area contributed by atoms with E-state index in [0.717, 1.165) is 11.0 Å². The Labute approximate surface area is 111 Å². The minimum atomic E-state index is 0.865. The number of rotatable bonds is 3. The summed E-state index contributed by atoms with van der Waals surface area (Å²) in [4.78, 5) is 0. The molecule has 0 fully saturated rings. The van der Waals surface area contributed by atoms with Gasteiger partial charge < -0.3 is 5.32 Å². The molecule has 0 atom stereocenters. The number of nitrogens with one attached hydrogen (secondary N) is 1. The van der Waals surface area contributed by atoms with E-state index in [1.165, 1.54) is 22.4 Å². The van der Waals surface area contributed by atoms with Gasteiger partial charge in [0.25, 0.3) is 0 Å². The molecule has 0 aliphatic heterocycles. The predicted octanol–water partition coefficient (Wildman–Crippen LogP) is 4.68. The molecule has 0 spiro atoms. The number of halogens is 1. The van der Waals surface area contributed by atoms with Gasteiger partial charge in [-0.2, -0.15) is 0 Å². The van der Waals surface area contributed by atoms with Crippen LogP contribution in [0.5, 0.6) is 0 Å². The van der Waals surface area contributed by atoms with E-state index in [9.17, 15) is 0 Å². The van der Waals surface area contributed by atoms with Gasteiger partial charge in [-0.3, -0.25) is 0 Å². The van der Waals surface area contributed by atoms with E-state index in [1.54, 1.807) is 0 Å². The molecule has 0 saturated carbocycles. The summed E-state index contributed by atoms with van der Waals surface area (Å²) in [5.74, 6) is 0. The quantitative estimate of drug-likeness (QED) is 0.865. The lowest BCUT2D eigenvalue weighted by Gasteiger charge is -2.12. The molecule has 0 bridgehead atoms. The van der Waals surface area contributed by atoms with E-state index in [0.29, 0.717) is 0 Å². The second-order valence-corrected chi connectivity index (χ2v) is 5.05. The zero-order valence-corrected chi connectivity index (χ0v) is 11.7. The molecule has 17 heavy (non-hydrogen) atoms. The second kappa shape index (κ2) is 5.37. The van der Waals surface area contributed by atoms with Gasteiger partial charge in [-0.15, -0.1) is 0 Å². The molecule has 0 heterocycles. The molecule has 2 aromatic carbocycles. The second-order valence-electron chi connectivity index (χ2n) is 4.19. The normalized spacial score (nSPS) is 10.3. The zero-order chi connectivity index (χ0) is 12.3. The molecule has 0 aliphatic carbocycles. The Hall–Kier alpha value is -1.28. The summed E-state index contributed by atoms with van der Waals surface area (Å²) in [5.41, 5.74) is 5.10.